The number of carbonyl (C=O) groups is 1. The third-order valence-corrected chi connectivity index (χ3v) is 6.43. The summed E-state index contributed by atoms with van der Waals surface area (Å²) in [5, 5.41) is 0.825. The number of anilines is 1. The van der Waals surface area contributed by atoms with Crippen molar-refractivity contribution in [1.29, 1.82) is 0 Å². The van der Waals surface area contributed by atoms with Gasteiger partial charge in [0.2, 0.25) is 0 Å². The number of rotatable bonds is 2. The van der Waals surface area contributed by atoms with Gasteiger partial charge in [-0.15, -0.1) is 0 Å². The highest BCUT2D eigenvalue weighted by atomic mass is 35.5. The second-order valence-electron chi connectivity index (χ2n) is 8.09. The number of aryl methyl sites for hydroxylation is 1. The van der Waals surface area contributed by atoms with Crippen molar-refractivity contribution >= 4 is 34.2 Å². The molecule has 1 aliphatic heterocycles. The quantitative estimate of drug-likeness (QED) is 0.553. The van der Waals surface area contributed by atoms with Gasteiger partial charge in [0.25, 0.3) is 5.91 Å². The fourth-order valence-electron chi connectivity index (χ4n) is 4.55. The number of hydrogen-bond acceptors (Lipinski definition) is 4. The number of benzene rings is 1. The number of para-hydroxylation sites is 1. The minimum Gasteiger partial charge on any atom is -0.352 e. The Kier molecular flexibility index (Phi) is 5.20. The van der Waals surface area contributed by atoms with E-state index in [1.54, 1.807) is 4.90 Å². The normalized spacial score (nSPS) is 16.5. The summed E-state index contributed by atoms with van der Waals surface area (Å²) >= 11 is 6.10. The van der Waals surface area contributed by atoms with Crippen LogP contribution in [0.5, 0.6) is 0 Å². The predicted molar refractivity (Wildman–Crippen MR) is 116 cm³/mol. The van der Waals surface area contributed by atoms with Crippen LogP contribution in [0.25, 0.3) is 10.9 Å². The van der Waals surface area contributed by atoms with Crippen LogP contribution in [0, 0.1) is 0 Å². The molecule has 1 amide bonds. The Morgan fingerprint density at radius 3 is 2.53 bits per heavy atom. The Hall–Kier alpha value is -2.87. The highest BCUT2D eigenvalue weighted by molar-refractivity contribution is 6.33. The number of fused-ring (bicyclic) bond motifs is 2. The molecule has 32 heavy (non-hydrogen) atoms. The maximum absolute atomic E-state index is 13.6. The van der Waals surface area contributed by atoms with E-state index in [0.717, 1.165) is 59.2 Å². The van der Waals surface area contributed by atoms with Gasteiger partial charge >= 0.3 is 6.18 Å². The summed E-state index contributed by atoms with van der Waals surface area (Å²) in [5.41, 5.74) is 2.74. The molecular formula is C23H20ClF3N4O. The van der Waals surface area contributed by atoms with Crippen molar-refractivity contribution in [2.24, 2.45) is 0 Å². The van der Waals surface area contributed by atoms with Crippen LogP contribution in [-0.2, 0) is 19.0 Å². The molecule has 0 unspecified atom stereocenters. The van der Waals surface area contributed by atoms with E-state index in [1.807, 2.05) is 29.2 Å². The van der Waals surface area contributed by atoms with Crippen LogP contribution < -0.4 is 4.90 Å². The minimum absolute atomic E-state index is 0.0205. The summed E-state index contributed by atoms with van der Waals surface area (Å²) < 4.78 is 38.7. The third-order valence-electron chi connectivity index (χ3n) is 6.15. The summed E-state index contributed by atoms with van der Waals surface area (Å²) in [7, 11) is 0. The van der Waals surface area contributed by atoms with Crippen LogP contribution in [-0.4, -0.2) is 47.0 Å². The van der Waals surface area contributed by atoms with Gasteiger partial charge in [-0.05, 0) is 37.0 Å². The van der Waals surface area contributed by atoms with Gasteiger partial charge in [0.1, 0.15) is 5.82 Å². The van der Waals surface area contributed by atoms with E-state index in [9.17, 15) is 18.0 Å². The van der Waals surface area contributed by atoms with Gasteiger partial charge in [0.15, 0.2) is 0 Å². The SMILES string of the molecule is O=C(c1c2c(nc3ccccc13)CCC2)N1CCN(c2ncc(C(F)(F)F)cc2Cl)CC1. The molecule has 1 saturated heterocycles. The second kappa shape index (κ2) is 7.92. The van der Waals surface area contributed by atoms with Gasteiger partial charge in [0.05, 0.1) is 21.7 Å². The molecule has 2 aromatic heterocycles. The van der Waals surface area contributed by atoms with Crippen molar-refractivity contribution in [2.45, 2.75) is 25.4 Å². The lowest BCUT2D eigenvalue weighted by atomic mass is 9.99. The van der Waals surface area contributed by atoms with Crippen molar-refractivity contribution in [2.75, 3.05) is 31.1 Å². The molecule has 5 nitrogen and oxygen atoms in total. The number of alkyl halides is 3. The number of carbonyl (C=O) groups excluding carboxylic acids is 1. The van der Waals surface area contributed by atoms with Crippen molar-refractivity contribution in [3.05, 3.63) is 63.9 Å². The largest absolute Gasteiger partial charge is 0.417 e. The zero-order valence-electron chi connectivity index (χ0n) is 17.1. The Morgan fingerprint density at radius 1 is 1.06 bits per heavy atom. The van der Waals surface area contributed by atoms with E-state index >= 15 is 0 Å². The average molecular weight is 461 g/mol. The predicted octanol–water partition coefficient (Wildman–Crippen LogP) is 4.75. The second-order valence-corrected chi connectivity index (χ2v) is 8.50. The lowest BCUT2D eigenvalue weighted by molar-refractivity contribution is -0.137. The highest BCUT2D eigenvalue weighted by Crippen LogP contribution is 2.34. The third kappa shape index (κ3) is 3.66. The van der Waals surface area contributed by atoms with E-state index in [2.05, 4.69) is 4.98 Å². The molecule has 3 aromatic rings. The molecule has 5 rings (SSSR count). The first-order valence-corrected chi connectivity index (χ1v) is 10.9. The Morgan fingerprint density at radius 2 is 1.81 bits per heavy atom. The molecule has 0 N–H and O–H groups in total. The zero-order chi connectivity index (χ0) is 22.5. The van der Waals surface area contributed by atoms with Gasteiger partial charge in [-0.3, -0.25) is 9.78 Å². The number of amides is 1. The summed E-state index contributed by atoms with van der Waals surface area (Å²) in [6, 6.07) is 8.61. The molecule has 0 saturated carbocycles. The number of aromatic nitrogens is 2. The molecule has 0 radical (unpaired) electrons. The van der Waals surface area contributed by atoms with Crippen LogP contribution in [0.4, 0.5) is 19.0 Å². The summed E-state index contributed by atoms with van der Waals surface area (Å²) in [4.78, 5) is 25.9. The van der Waals surface area contributed by atoms with Crippen molar-refractivity contribution in [3.63, 3.8) is 0 Å². The molecule has 0 atom stereocenters. The number of nitrogens with zero attached hydrogens (tertiary/aromatic N) is 4. The Bertz CT molecular complexity index is 1210. The van der Waals surface area contributed by atoms with Crippen LogP contribution in [0.3, 0.4) is 0 Å². The average Bonchev–Trinajstić information content (AvgIpc) is 3.24. The first-order valence-electron chi connectivity index (χ1n) is 10.5. The molecule has 3 heterocycles. The number of pyridine rings is 2. The Balaban J connectivity index is 1.37. The van der Waals surface area contributed by atoms with Crippen LogP contribution in [0.1, 0.15) is 33.6 Å². The number of piperazine rings is 1. The lowest BCUT2D eigenvalue weighted by Gasteiger charge is -2.36. The van der Waals surface area contributed by atoms with E-state index in [4.69, 9.17) is 16.6 Å². The smallest absolute Gasteiger partial charge is 0.352 e. The van der Waals surface area contributed by atoms with Crippen LogP contribution >= 0.6 is 11.6 Å². The maximum atomic E-state index is 13.6. The van der Waals surface area contributed by atoms with Crippen LogP contribution in [0.2, 0.25) is 5.02 Å². The Labute approximate surface area is 187 Å². The molecule has 1 aromatic carbocycles. The summed E-state index contributed by atoms with van der Waals surface area (Å²) in [6.07, 6.45) is -0.977. The van der Waals surface area contributed by atoms with Crippen molar-refractivity contribution in [1.82, 2.24) is 14.9 Å². The molecule has 0 bridgehead atoms. The van der Waals surface area contributed by atoms with E-state index in [1.165, 1.54) is 0 Å². The molecule has 0 spiro atoms. The number of hydrogen-bond donors (Lipinski definition) is 0. The fraction of sp³-hybridized carbons (Fsp3) is 0.348. The molecule has 1 fully saturated rings. The number of halogens is 4. The van der Waals surface area contributed by atoms with Gasteiger partial charge in [-0.2, -0.15) is 13.2 Å². The standard InChI is InChI=1S/C23H20ClF3N4O/c24-17-12-14(23(25,26)27)13-28-21(17)30-8-10-31(11-9-30)22(32)20-15-4-1-2-6-18(15)29-19-7-3-5-16(19)20/h1-2,4,6,12-13H,3,5,7-11H2. The van der Waals surface area contributed by atoms with E-state index in [0.29, 0.717) is 32.0 Å². The first-order chi connectivity index (χ1) is 15.3. The monoisotopic (exact) mass is 460 g/mol. The summed E-state index contributed by atoms with van der Waals surface area (Å²) in [5.74, 6) is 0.287. The van der Waals surface area contributed by atoms with Gasteiger partial charge in [0, 0.05) is 43.5 Å². The van der Waals surface area contributed by atoms with Gasteiger partial charge in [-0.25, -0.2) is 4.98 Å². The van der Waals surface area contributed by atoms with E-state index in [-0.39, 0.29) is 10.9 Å². The van der Waals surface area contributed by atoms with Gasteiger partial charge < -0.3 is 9.80 Å². The first kappa shape index (κ1) is 21.0. The van der Waals surface area contributed by atoms with Crippen molar-refractivity contribution < 1.29 is 18.0 Å². The molecule has 2 aliphatic rings. The topological polar surface area (TPSA) is 49.3 Å². The molecule has 166 valence electrons. The molecule has 9 heteroatoms. The molecular weight excluding hydrogens is 441 g/mol. The minimum atomic E-state index is -4.49. The highest BCUT2D eigenvalue weighted by Gasteiger charge is 2.33. The lowest BCUT2D eigenvalue weighted by Crippen LogP contribution is -2.49. The van der Waals surface area contributed by atoms with Crippen molar-refractivity contribution in [3.8, 4) is 0 Å². The van der Waals surface area contributed by atoms with E-state index < -0.39 is 11.7 Å². The zero-order valence-corrected chi connectivity index (χ0v) is 17.9. The summed E-state index contributed by atoms with van der Waals surface area (Å²) in [6.45, 7) is 1.75. The fourth-order valence-corrected chi connectivity index (χ4v) is 4.84. The maximum Gasteiger partial charge on any atom is 0.417 e. The molecule has 1 aliphatic carbocycles. The van der Waals surface area contributed by atoms with Gasteiger partial charge in [-0.1, -0.05) is 29.8 Å². The van der Waals surface area contributed by atoms with Crippen LogP contribution in [0.15, 0.2) is 36.5 Å².